The maximum atomic E-state index is 8.89. The third-order valence-electron chi connectivity index (χ3n) is 7.40. The molecule has 2 unspecified atom stereocenters. The first-order valence-corrected chi connectivity index (χ1v) is 11.2. The lowest BCUT2D eigenvalue weighted by Crippen LogP contribution is -2.49. The standard InChI is InChI=1S/C26H42N2/c1-10-19(23(27)24(5,6)11-2)16-22-20-14-12-13-15-21(20)25(7,8)26(9,28-22)17-18(3)4/h12-15,18-19,27H,10-11,16-17H2,1-9H3. The van der Waals surface area contributed by atoms with Crippen LogP contribution < -0.4 is 0 Å². The highest BCUT2D eigenvalue weighted by Gasteiger charge is 2.47. The SMILES string of the molecule is CCC(CC1=NC(C)(CC(C)C)C(C)(C)c2ccccc21)C(=N)C(C)(C)CC. The summed E-state index contributed by atoms with van der Waals surface area (Å²) in [4.78, 5) is 5.45. The molecule has 28 heavy (non-hydrogen) atoms. The predicted molar refractivity (Wildman–Crippen MR) is 124 cm³/mol. The highest BCUT2D eigenvalue weighted by atomic mass is 14.9. The van der Waals surface area contributed by atoms with Crippen LogP contribution in [0.25, 0.3) is 0 Å². The summed E-state index contributed by atoms with van der Waals surface area (Å²) < 4.78 is 0. The molecule has 0 saturated carbocycles. The molecule has 1 N–H and O–H groups in total. The average molecular weight is 383 g/mol. The number of nitrogens with one attached hydrogen (secondary N) is 1. The van der Waals surface area contributed by atoms with Gasteiger partial charge in [-0.15, -0.1) is 0 Å². The second kappa shape index (κ2) is 8.13. The molecule has 0 aliphatic carbocycles. The lowest BCUT2D eigenvalue weighted by atomic mass is 9.62. The molecule has 0 spiro atoms. The van der Waals surface area contributed by atoms with Gasteiger partial charge in [0.15, 0.2) is 0 Å². The van der Waals surface area contributed by atoms with Gasteiger partial charge in [0, 0.05) is 28.2 Å². The minimum absolute atomic E-state index is 0.00469. The van der Waals surface area contributed by atoms with E-state index in [4.69, 9.17) is 10.4 Å². The van der Waals surface area contributed by atoms with Crippen LogP contribution in [0.4, 0.5) is 0 Å². The smallest absolute Gasteiger partial charge is 0.0677 e. The van der Waals surface area contributed by atoms with E-state index in [0.29, 0.717) is 5.92 Å². The summed E-state index contributed by atoms with van der Waals surface area (Å²) in [6.07, 6.45) is 3.95. The van der Waals surface area contributed by atoms with Gasteiger partial charge in [-0.05, 0) is 49.7 Å². The fraction of sp³-hybridized carbons (Fsp3) is 0.692. The van der Waals surface area contributed by atoms with Crippen LogP contribution in [0.2, 0.25) is 0 Å². The Hall–Kier alpha value is -1.44. The van der Waals surface area contributed by atoms with Crippen LogP contribution in [0.15, 0.2) is 29.3 Å². The molecular formula is C26H42N2. The van der Waals surface area contributed by atoms with Crippen LogP contribution in [0, 0.1) is 22.7 Å². The van der Waals surface area contributed by atoms with E-state index in [1.165, 1.54) is 16.8 Å². The van der Waals surface area contributed by atoms with Gasteiger partial charge in [0.05, 0.1) is 5.54 Å². The average Bonchev–Trinajstić information content (AvgIpc) is 2.62. The molecule has 0 fully saturated rings. The van der Waals surface area contributed by atoms with Gasteiger partial charge in [-0.3, -0.25) is 4.99 Å². The first kappa shape index (κ1) is 22.8. The van der Waals surface area contributed by atoms with Gasteiger partial charge in [-0.1, -0.05) is 79.7 Å². The number of benzene rings is 1. The van der Waals surface area contributed by atoms with Gasteiger partial charge in [-0.25, -0.2) is 0 Å². The third kappa shape index (κ3) is 4.11. The molecule has 2 rings (SSSR count). The summed E-state index contributed by atoms with van der Waals surface area (Å²) in [6, 6.07) is 8.84. The molecule has 1 aromatic rings. The van der Waals surface area contributed by atoms with Gasteiger partial charge in [-0.2, -0.15) is 0 Å². The Morgan fingerprint density at radius 3 is 2.25 bits per heavy atom. The summed E-state index contributed by atoms with van der Waals surface area (Å²) in [5.41, 5.74) is 4.64. The zero-order chi connectivity index (χ0) is 21.3. The molecule has 1 aliphatic rings. The highest BCUT2D eigenvalue weighted by Crippen LogP contribution is 2.47. The number of aliphatic imine (C=N–C) groups is 1. The molecule has 1 aromatic carbocycles. The summed E-state index contributed by atoms with van der Waals surface area (Å²) >= 11 is 0. The normalized spacial score (nSPS) is 22.6. The van der Waals surface area contributed by atoms with Gasteiger partial charge >= 0.3 is 0 Å². The van der Waals surface area contributed by atoms with Crippen molar-refractivity contribution in [1.82, 2.24) is 0 Å². The molecule has 0 saturated heterocycles. The molecule has 0 bridgehead atoms. The minimum atomic E-state index is -0.119. The summed E-state index contributed by atoms with van der Waals surface area (Å²) in [6.45, 7) is 20.5. The van der Waals surface area contributed by atoms with E-state index < -0.39 is 0 Å². The van der Waals surface area contributed by atoms with Gasteiger partial charge in [0.2, 0.25) is 0 Å². The van der Waals surface area contributed by atoms with Gasteiger partial charge in [0.1, 0.15) is 0 Å². The molecule has 1 aliphatic heterocycles. The van der Waals surface area contributed by atoms with Crippen molar-refractivity contribution in [1.29, 1.82) is 5.41 Å². The number of fused-ring (bicyclic) bond motifs is 1. The number of rotatable bonds is 8. The van der Waals surface area contributed by atoms with Crippen LogP contribution in [0.5, 0.6) is 0 Å². The largest absolute Gasteiger partial charge is 0.309 e. The van der Waals surface area contributed by atoms with Crippen molar-refractivity contribution in [2.24, 2.45) is 22.2 Å². The van der Waals surface area contributed by atoms with E-state index in [9.17, 15) is 0 Å². The van der Waals surface area contributed by atoms with Gasteiger partial charge in [0.25, 0.3) is 0 Å². The van der Waals surface area contributed by atoms with Crippen LogP contribution >= 0.6 is 0 Å². The lowest BCUT2D eigenvalue weighted by Gasteiger charge is -2.48. The Bertz CT molecular complexity index is 739. The Balaban J connectivity index is 2.53. The monoisotopic (exact) mass is 382 g/mol. The summed E-state index contributed by atoms with van der Waals surface area (Å²) in [5.74, 6) is 0.852. The van der Waals surface area contributed by atoms with Crippen LogP contribution in [0.3, 0.4) is 0 Å². The molecule has 1 heterocycles. The Morgan fingerprint density at radius 2 is 1.71 bits per heavy atom. The van der Waals surface area contributed by atoms with Crippen LogP contribution in [-0.2, 0) is 5.41 Å². The number of nitrogens with zero attached hydrogens (tertiary/aromatic N) is 1. The van der Waals surface area contributed by atoms with Crippen molar-refractivity contribution in [2.75, 3.05) is 0 Å². The van der Waals surface area contributed by atoms with Crippen molar-refractivity contribution in [3.8, 4) is 0 Å². The summed E-state index contributed by atoms with van der Waals surface area (Å²) in [5, 5.41) is 8.89. The van der Waals surface area contributed by atoms with Crippen molar-refractivity contribution in [3.05, 3.63) is 35.4 Å². The van der Waals surface area contributed by atoms with Gasteiger partial charge < -0.3 is 5.41 Å². The fourth-order valence-electron chi connectivity index (χ4n) is 4.75. The van der Waals surface area contributed by atoms with E-state index in [0.717, 1.165) is 31.4 Å². The zero-order valence-electron chi connectivity index (χ0n) is 19.7. The Labute approximate surface area is 173 Å². The third-order valence-corrected chi connectivity index (χ3v) is 7.40. The number of hydrogen-bond donors (Lipinski definition) is 1. The maximum Gasteiger partial charge on any atom is 0.0677 e. The van der Waals surface area contributed by atoms with Crippen LogP contribution in [-0.4, -0.2) is 17.0 Å². The molecule has 156 valence electrons. The lowest BCUT2D eigenvalue weighted by molar-refractivity contribution is 0.232. The summed E-state index contributed by atoms with van der Waals surface area (Å²) in [7, 11) is 0. The first-order chi connectivity index (χ1) is 12.9. The topological polar surface area (TPSA) is 36.2 Å². The second-order valence-electron chi connectivity index (χ2n) is 10.6. The predicted octanol–water partition coefficient (Wildman–Crippen LogP) is 7.44. The molecule has 0 amide bonds. The molecule has 2 atom stereocenters. The second-order valence-corrected chi connectivity index (χ2v) is 10.6. The van der Waals surface area contributed by atoms with Crippen molar-refractivity contribution >= 4 is 11.4 Å². The number of hydrogen-bond acceptors (Lipinski definition) is 2. The molecule has 2 nitrogen and oxygen atoms in total. The maximum absolute atomic E-state index is 8.89. The van der Waals surface area contributed by atoms with Crippen molar-refractivity contribution in [2.45, 2.75) is 99.0 Å². The van der Waals surface area contributed by atoms with E-state index in [2.05, 4.69) is 86.6 Å². The quantitative estimate of drug-likeness (QED) is 0.453. The van der Waals surface area contributed by atoms with Crippen molar-refractivity contribution in [3.63, 3.8) is 0 Å². The van der Waals surface area contributed by atoms with E-state index >= 15 is 0 Å². The first-order valence-electron chi connectivity index (χ1n) is 11.2. The Morgan fingerprint density at radius 1 is 1.11 bits per heavy atom. The minimum Gasteiger partial charge on any atom is -0.309 e. The molecular weight excluding hydrogens is 340 g/mol. The molecule has 0 aromatic heterocycles. The van der Waals surface area contributed by atoms with E-state index in [-0.39, 0.29) is 22.3 Å². The molecule has 2 heteroatoms. The van der Waals surface area contributed by atoms with Crippen molar-refractivity contribution < 1.29 is 0 Å². The van der Waals surface area contributed by atoms with E-state index in [1.807, 2.05) is 0 Å². The molecule has 0 radical (unpaired) electrons. The van der Waals surface area contributed by atoms with Crippen LogP contribution in [0.1, 0.15) is 99.1 Å². The van der Waals surface area contributed by atoms with E-state index in [1.54, 1.807) is 0 Å². The highest BCUT2D eigenvalue weighted by molar-refractivity contribution is 6.06. The fourth-order valence-corrected chi connectivity index (χ4v) is 4.75. The Kier molecular flexibility index (Phi) is 6.63. The zero-order valence-corrected chi connectivity index (χ0v) is 19.7.